The maximum Gasteiger partial charge on any atom is 0.272 e. The molecule has 0 spiro atoms. The van der Waals surface area contributed by atoms with Crippen LogP contribution in [0.4, 0.5) is 5.69 Å². The second kappa shape index (κ2) is 6.02. The fourth-order valence-electron chi connectivity index (χ4n) is 6.47. The van der Waals surface area contributed by atoms with Crippen LogP contribution in [-0.4, -0.2) is 33.6 Å². The number of ether oxygens (including phenoxy) is 1. The summed E-state index contributed by atoms with van der Waals surface area (Å²) in [5, 5.41) is 11.5. The van der Waals surface area contributed by atoms with Crippen molar-refractivity contribution < 1.29 is 14.5 Å². The van der Waals surface area contributed by atoms with Gasteiger partial charge in [-0.2, -0.15) is 0 Å². The molecule has 3 fully saturated rings. The third-order valence-corrected chi connectivity index (χ3v) is 7.91. The lowest BCUT2D eigenvalue weighted by molar-refractivity contribution is -0.385. The normalized spacial score (nSPS) is 38.2. The molecule has 6 heteroatoms. The van der Waals surface area contributed by atoms with Crippen molar-refractivity contribution >= 4 is 11.6 Å². The molecule has 5 rings (SSSR count). The first-order valence-electron chi connectivity index (χ1n) is 10.5. The van der Waals surface area contributed by atoms with Crippen LogP contribution in [0.2, 0.25) is 0 Å². The van der Waals surface area contributed by atoms with Gasteiger partial charge in [0.1, 0.15) is 6.23 Å². The SMILES string of the molecule is C[C@@H]1CC[C@@H]2[C@@H](C1)O[C@H]1[C@@H]3Cc4c(cccc4[N+](=O)[O-])C[C@H]3C(=O)N1C2(C)C. The van der Waals surface area contributed by atoms with Gasteiger partial charge in [0.2, 0.25) is 5.91 Å². The first-order valence-corrected chi connectivity index (χ1v) is 10.5. The van der Waals surface area contributed by atoms with Crippen molar-refractivity contribution in [3.8, 4) is 0 Å². The van der Waals surface area contributed by atoms with E-state index >= 15 is 0 Å². The highest BCUT2D eigenvalue weighted by molar-refractivity contribution is 5.84. The Hall–Kier alpha value is -1.95. The summed E-state index contributed by atoms with van der Waals surface area (Å²) in [6.07, 6.45) is 4.37. The van der Waals surface area contributed by atoms with Crippen molar-refractivity contribution in [2.24, 2.45) is 23.7 Å². The summed E-state index contributed by atoms with van der Waals surface area (Å²) in [4.78, 5) is 26.7. The van der Waals surface area contributed by atoms with Gasteiger partial charge in [0.25, 0.3) is 5.69 Å². The molecule has 2 aliphatic heterocycles. The second-order valence-corrected chi connectivity index (χ2v) is 9.80. The van der Waals surface area contributed by atoms with Gasteiger partial charge < -0.3 is 9.64 Å². The van der Waals surface area contributed by atoms with Crippen molar-refractivity contribution in [3.63, 3.8) is 0 Å². The molecule has 0 aromatic heterocycles. The minimum absolute atomic E-state index is 0.00134. The molecule has 1 amide bonds. The van der Waals surface area contributed by atoms with E-state index < -0.39 is 0 Å². The number of benzene rings is 1. The lowest BCUT2D eigenvalue weighted by Gasteiger charge is -2.56. The molecule has 28 heavy (non-hydrogen) atoms. The Morgan fingerprint density at radius 2 is 2.04 bits per heavy atom. The van der Waals surface area contributed by atoms with Gasteiger partial charge in [0.05, 0.1) is 11.0 Å². The molecule has 0 radical (unpaired) electrons. The molecule has 0 unspecified atom stereocenters. The van der Waals surface area contributed by atoms with Crippen LogP contribution < -0.4 is 0 Å². The van der Waals surface area contributed by atoms with Gasteiger partial charge in [-0.25, -0.2) is 0 Å². The molecule has 4 aliphatic rings. The summed E-state index contributed by atoms with van der Waals surface area (Å²) in [5.41, 5.74) is 1.69. The number of nitro benzene ring substituents is 1. The molecular formula is C22H28N2O4. The van der Waals surface area contributed by atoms with Crippen LogP contribution in [-0.2, 0) is 22.4 Å². The largest absolute Gasteiger partial charge is 0.354 e. The average Bonchev–Trinajstić information content (AvgIpc) is 2.91. The van der Waals surface area contributed by atoms with Crippen LogP contribution in [0, 0.1) is 33.8 Å². The smallest absolute Gasteiger partial charge is 0.272 e. The summed E-state index contributed by atoms with van der Waals surface area (Å²) in [5.74, 6) is 1.05. The van der Waals surface area contributed by atoms with Gasteiger partial charge in [-0.15, -0.1) is 0 Å². The standard InChI is InChI=1S/C22H28N2O4/c1-12-7-8-17-19(9-12)28-21-16-11-14-13(5-4-6-18(14)24(26)27)10-15(16)20(25)23(21)22(17,2)3/h4-6,12,15-17,19,21H,7-11H2,1-3H3/t12-,15-,16-,17-,19-,21+/m1/s1. The Kier molecular flexibility index (Phi) is 3.89. The van der Waals surface area contributed by atoms with Crippen molar-refractivity contribution in [2.75, 3.05) is 0 Å². The van der Waals surface area contributed by atoms with E-state index in [-0.39, 0.29) is 46.2 Å². The molecule has 0 N–H and O–H groups in total. The second-order valence-electron chi connectivity index (χ2n) is 9.80. The zero-order valence-electron chi connectivity index (χ0n) is 16.8. The van der Waals surface area contributed by atoms with E-state index in [4.69, 9.17) is 4.74 Å². The van der Waals surface area contributed by atoms with E-state index in [9.17, 15) is 14.9 Å². The van der Waals surface area contributed by atoms with E-state index in [1.807, 2.05) is 11.0 Å². The van der Waals surface area contributed by atoms with Crippen LogP contribution in [0.3, 0.4) is 0 Å². The van der Waals surface area contributed by atoms with Crippen molar-refractivity contribution in [2.45, 2.75) is 70.7 Å². The van der Waals surface area contributed by atoms with Crippen LogP contribution in [0.1, 0.15) is 51.2 Å². The number of nitrogens with zero attached hydrogens (tertiary/aromatic N) is 2. The van der Waals surface area contributed by atoms with Gasteiger partial charge in [-0.3, -0.25) is 14.9 Å². The van der Waals surface area contributed by atoms with Crippen molar-refractivity contribution in [1.29, 1.82) is 0 Å². The zero-order chi connectivity index (χ0) is 19.8. The summed E-state index contributed by atoms with van der Waals surface area (Å²) < 4.78 is 6.61. The fraction of sp³-hybridized carbons (Fsp3) is 0.682. The highest BCUT2D eigenvalue weighted by Crippen LogP contribution is 2.53. The Labute approximate surface area is 165 Å². The van der Waals surface area contributed by atoms with Crippen LogP contribution in [0.25, 0.3) is 0 Å². The zero-order valence-corrected chi connectivity index (χ0v) is 16.8. The molecule has 1 saturated carbocycles. The Balaban J connectivity index is 1.53. The number of fused-ring (bicyclic) bond motifs is 5. The van der Waals surface area contributed by atoms with Gasteiger partial charge in [-0.1, -0.05) is 25.5 Å². The third kappa shape index (κ3) is 2.39. The molecule has 0 bridgehead atoms. The molecule has 150 valence electrons. The summed E-state index contributed by atoms with van der Waals surface area (Å²) >= 11 is 0. The maximum absolute atomic E-state index is 13.5. The summed E-state index contributed by atoms with van der Waals surface area (Å²) in [6, 6.07) is 5.26. The van der Waals surface area contributed by atoms with Gasteiger partial charge >= 0.3 is 0 Å². The summed E-state index contributed by atoms with van der Waals surface area (Å²) in [6.45, 7) is 6.67. The minimum Gasteiger partial charge on any atom is -0.354 e. The predicted molar refractivity (Wildman–Crippen MR) is 104 cm³/mol. The maximum atomic E-state index is 13.5. The highest BCUT2D eigenvalue weighted by atomic mass is 16.6. The fourth-order valence-corrected chi connectivity index (χ4v) is 6.47. The molecule has 2 heterocycles. The van der Waals surface area contributed by atoms with Crippen LogP contribution in [0.15, 0.2) is 18.2 Å². The lowest BCUT2D eigenvalue weighted by atomic mass is 9.69. The van der Waals surface area contributed by atoms with Crippen LogP contribution >= 0.6 is 0 Å². The van der Waals surface area contributed by atoms with Crippen LogP contribution in [0.5, 0.6) is 0 Å². The monoisotopic (exact) mass is 384 g/mol. The topological polar surface area (TPSA) is 72.7 Å². The Morgan fingerprint density at radius 1 is 1.25 bits per heavy atom. The van der Waals surface area contributed by atoms with Crippen molar-refractivity contribution in [3.05, 3.63) is 39.4 Å². The number of hydrogen-bond donors (Lipinski definition) is 0. The summed E-state index contributed by atoms with van der Waals surface area (Å²) in [7, 11) is 0. The molecule has 6 atom stereocenters. The molecule has 2 aliphatic carbocycles. The predicted octanol–water partition coefficient (Wildman–Crippen LogP) is 3.71. The number of carbonyl (C=O) groups excluding carboxylic acids is 1. The van der Waals surface area contributed by atoms with E-state index in [2.05, 4.69) is 20.8 Å². The quantitative estimate of drug-likeness (QED) is 0.547. The van der Waals surface area contributed by atoms with Gasteiger partial charge in [0, 0.05) is 34.9 Å². The van der Waals surface area contributed by atoms with Gasteiger partial charge in [0.15, 0.2) is 0 Å². The van der Waals surface area contributed by atoms with E-state index in [1.165, 1.54) is 6.42 Å². The molecular weight excluding hydrogens is 356 g/mol. The lowest BCUT2D eigenvalue weighted by Crippen LogP contribution is -2.64. The third-order valence-electron chi connectivity index (χ3n) is 7.91. The van der Waals surface area contributed by atoms with Crippen molar-refractivity contribution in [1.82, 2.24) is 4.90 Å². The minimum atomic E-state index is -0.293. The molecule has 6 nitrogen and oxygen atoms in total. The number of hydrogen-bond acceptors (Lipinski definition) is 4. The van der Waals surface area contributed by atoms with E-state index in [1.54, 1.807) is 12.1 Å². The van der Waals surface area contributed by atoms with Gasteiger partial charge in [-0.05, 0) is 51.0 Å². The first kappa shape index (κ1) is 18.1. The van der Waals surface area contributed by atoms with E-state index in [0.717, 1.165) is 24.0 Å². The Morgan fingerprint density at radius 3 is 2.79 bits per heavy atom. The number of amides is 1. The molecule has 1 aromatic rings. The first-order chi connectivity index (χ1) is 13.3. The molecule has 1 aromatic carbocycles. The number of rotatable bonds is 1. The molecule has 2 saturated heterocycles. The van der Waals surface area contributed by atoms with E-state index in [0.29, 0.717) is 24.7 Å². The number of carbonyl (C=O) groups is 1. The highest BCUT2D eigenvalue weighted by Gasteiger charge is 2.61. The average molecular weight is 384 g/mol. The Bertz CT molecular complexity index is 851. The number of nitro groups is 1.